The van der Waals surface area contributed by atoms with E-state index in [1.807, 2.05) is 12.1 Å². The van der Waals surface area contributed by atoms with Gasteiger partial charge >= 0.3 is 6.18 Å². The number of alkyl halides is 3. The third-order valence-corrected chi connectivity index (χ3v) is 4.45. The van der Waals surface area contributed by atoms with Crippen LogP contribution in [0.1, 0.15) is 11.3 Å². The minimum Gasteiger partial charge on any atom is -0.307 e. The van der Waals surface area contributed by atoms with Crippen molar-refractivity contribution in [2.45, 2.75) is 16.8 Å². The average Bonchev–Trinajstić information content (AvgIpc) is 2.88. The zero-order valence-corrected chi connectivity index (χ0v) is 12.1. The molecule has 0 radical (unpaired) electrons. The van der Waals surface area contributed by atoms with Crippen LogP contribution in [-0.2, 0) is 22.7 Å². The molecular formula is C15H11F3N2OS. The van der Waals surface area contributed by atoms with Gasteiger partial charge in [0.2, 0.25) is 0 Å². The van der Waals surface area contributed by atoms with Gasteiger partial charge in [0.1, 0.15) is 5.65 Å². The smallest absolute Gasteiger partial charge is 0.307 e. The number of benzene rings is 1. The Kier molecular flexibility index (Phi) is 3.74. The summed E-state index contributed by atoms with van der Waals surface area (Å²) in [6.07, 6.45) is -0.914. The van der Waals surface area contributed by atoms with Crippen LogP contribution >= 0.6 is 0 Å². The summed E-state index contributed by atoms with van der Waals surface area (Å²) in [5.74, 6) is 0.0724. The lowest BCUT2D eigenvalue weighted by atomic mass is 10.2. The summed E-state index contributed by atoms with van der Waals surface area (Å²) in [4.78, 5) is 4.44. The molecule has 3 nitrogen and oxygen atoms in total. The maximum atomic E-state index is 12.7. The fraction of sp³-hybridized carbons (Fsp3) is 0.133. The Labute approximate surface area is 126 Å². The molecule has 0 bridgehead atoms. The number of aromatic nitrogens is 2. The van der Waals surface area contributed by atoms with Crippen LogP contribution in [0.25, 0.3) is 5.65 Å². The first kappa shape index (κ1) is 14.8. The normalized spacial score (nSPS) is 13.4. The van der Waals surface area contributed by atoms with Gasteiger partial charge in [0.05, 0.1) is 27.8 Å². The average molecular weight is 324 g/mol. The van der Waals surface area contributed by atoms with Crippen molar-refractivity contribution in [1.82, 2.24) is 9.38 Å². The van der Waals surface area contributed by atoms with Crippen LogP contribution in [0, 0.1) is 0 Å². The van der Waals surface area contributed by atoms with Crippen LogP contribution in [0.5, 0.6) is 0 Å². The van der Waals surface area contributed by atoms with Crippen LogP contribution in [0.4, 0.5) is 13.2 Å². The van der Waals surface area contributed by atoms with E-state index in [0.717, 1.165) is 12.1 Å². The monoisotopic (exact) mass is 324 g/mol. The van der Waals surface area contributed by atoms with E-state index in [1.54, 1.807) is 22.9 Å². The van der Waals surface area contributed by atoms with Crippen molar-refractivity contribution >= 4 is 16.4 Å². The SMILES string of the molecule is O=S(Cc1cn2ccccc2n1)c1cccc(C(F)(F)F)c1. The van der Waals surface area contributed by atoms with Gasteiger partial charge in [-0.15, -0.1) is 0 Å². The molecule has 114 valence electrons. The largest absolute Gasteiger partial charge is 0.416 e. The fourth-order valence-electron chi connectivity index (χ4n) is 2.09. The summed E-state index contributed by atoms with van der Waals surface area (Å²) >= 11 is 0. The van der Waals surface area contributed by atoms with E-state index in [9.17, 15) is 17.4 Å². The summed E-state index contributed by atoms with van der Waals surface area (Å²) in [7, 11) is -1.58. The lowest BCUT2D eigenvalue weighted by Gasteiger charge is -2.08. The predicted molar refractivity (Wildman–Crippen MR) is 76.7 cm³/mol. The van der Waals surface area contributed by atoms with Crippen molar-refractivity contribution in [3.8, 4) is 0 Å². The first-order valence-corrected chi connectivity index (χ1v) is 7.73. The lowest BCUT2D eigenvalue weighted by molar-refractivity contribution is -0.137. The molecule has 2 aromatic heterocycles. The standard InChI is InChI=1S/C15H11F3N2OS/c16-15(17,18)11-4-3-5-13(8-11)22(21)10-12-9-20-7-2-1-6-14(20)19-12/h1-9H,10H2. The highest BCUT2D eigenvalue weighted by molar-refractivity contribution is 7.84. The number of halogens is 3. The van der Waals surface area contributed by atoms with Gasteiger partial charge in [0.25, 0.3) is 0 Å². The van der Waals surface area contributed by atoms with Crippen molar-refractivity contribution in [3.63, 3.8) is 0 Å². The molecule has 0 aliphatic heterocycles. The molecular weight excluding hydrogens is 313 g/mol. The van der Waals surface area contributed by atoms with Gasteiger partial charge in [-0.2, -0.15) is 13.2 Å². The summed E-state index contributed by atoms with van der Waals surface area (Å²) in [5.41, 5.74) is 0.480. The molecule has 0 spiro atoms. The van der Waals surface area contributed by atoms with Crippen LogP contribution in [0.3, 0.4) is 0 Å². The van der Waals surface area contributed by atoms with Gasteiger partial charge in [-0.1, -0.05) is 12.1 Å². The maximum absolute atomic E-state index is 12.7. The highest BCUT2D eigenvalue weighted by Gasteiger charge is 2.30. The highest BCUT2D eigenvalue weighted by Crippen LogP contribution is 2.30. The molecule has 1 unspecified atom stereocenters. The van der Waals surface area contributed by atoms with Crippen molar-refractivity contribution < 1.29 is 17.4 Å². The Morgan fingerprint density at radius 2 is 1.95 bits per heavy atom. The molecule has 0 saturated carbocycles. The van der Waals surface area contributed by atoms with Crippen molar-refractivity contribution in [1.29, 1.82) is 0 Å². The summed E-state index contributed by atoms with van der Waals surface area (Å²) in [6, 6.07) is 10.0. The van der Waals surface area contributed by atoms with Crippen LogP contribution in [0.15, 0.2) is 59.8 Å². The number of nitrogens with zero attached hydrogens (tertiary/aromatic N) is 2. The van der Waals surface area contributed by atoms with Gasteiger partial charge in [0, 0.05) is 17.3 Å². The van der Waals surface area contributed by atoms with Crippen molar-refractivity contribution in [3.05, 3.63) is 66.1 Å². The molecule has 2 heterocycles. The molecule has 0 aliphatic carbocycles. The number of rotatable bonds is 3. The van der Waals surface area contributed by atoms with Crippen LogP contribution in [-0.4, -0.2) is 13.6 Å². The Morgan fingerprint density at radius 1 is 1.14 bits per heavy atom. The van der Waals surface area contributed by atoms with E-state index in [1.165, 1.54) is 12.1 Å². The van der Waals surface area contributed by atoms with E-state index >= 15 is 0 Å². The first-order chi connectivity index (χ1) is 10.4. The summed E-state index contributed by atoms with van der Waals surface area (Å²) < 4.78 is 52.1. The van der Waals surface area contributed by atoms with E-state index in [2.05, 4.69) is 4.98 Å². The second kappa shape index (κ2) is 5.57. The van der Waals surface area contributed by atoms with Crippen LogP contribution < -0.4 is 0 Å². The van der Waals surface area contributed by atoms with Crippen molar-refractivity contribution in [2.24, 2.45) is 0 Å². The molecule has 22 heavy (non-hydrogen) atoms. The molecule has 3 rings (SSSR count). The highest BCUT2D eigenvalue weighted by atomic mass is 32.2. The van der Waals surface area contributed by atoms with E-state index in [-0.39, 0.29) is 10.6 Å². The predicted octanol–water partition coefficient (Wildman–Crippen LogP) is 3.66. The molecule has 1 atom stereocenters. The third kappa shape index (κ3) is 3.04. The number of hydrogen-bond acceptors (Lipinski definition) is 2. The van der Waals surface area contributed by atoms with Gasteiger partial charge in [-0.25, -0.2) is 4.98 Å². The van der Waals surface area contributed by atoms with Gasteiger partial charge in [-0.05, 0) is 30.3 Å². The molecule has 0 saturated heterocycles. The fourth-order valence-corrected chi connectivity index (χ4v) is 3.15. The van der Waals surface area contributed by atoms with E-state index in [0.29, 0.717) is 11.3 Å². The number of imidazole rings is 1. The molecule has 3 aromatic rings. The number of hydrogen-bond donors (Lipinski definition) is 0. The number of fused-ring (bicyclic) bond motifs is 1. The van der Waals surface area contributed by atoms with E-state index < -0.39 is 22.5 Å². The zero-order chi connectivity index (χ0) is 15.7. The Balaban J connectivity index is 1.85. The molecule has 7 heteroatoms. The first-order valence-electron chi connectivity index (χ1n) is 6.42. The maximum Gasteiger partial charge on any atom is 0.416 e. The number of pyridine rings is 1. The Bertz CT molecular complexity index is 809. The Hall–Kier alpha value is -2.15. The minimum absolute atomic E-state index is 0.0724. The molecule has 0 amide bonds. The third-order valence-electron chi connectivity index (χ3n) is 3.12. The van der Waals surface area contributed by atoms with Crippen molar-refractivity contribution in [2.75, 3.05) is 0 Å². The van der Waals surface area contributed by atoms with Crippen LogP contribution in [0.2, 0.25) is 0 Å². The minimum atomic E-state index is -4.44. The van der Waals surface area contributed by atoms with Gasteiger partial charge < -0.3 is 4.40 Å². The second-order valence-corrected chi connectivity index (χ2v) is 6.16. The summed E-state index contributed by atoms with van der Waals surface area (Å²) in [5, 5.41) is 0. The summed E-state index contributed by atoms with van der Waals surface area (Å²) in [6.45, 7) is 0. The Morgan fingerprint density at radius 3 is 2.68 bits per heavy atom. The molecule has 0 fully saturated rings. The quantitative estimate of drug-likeness (QED) is 0.737. The van der Waals surface area contributed by atoms with Gasteiger partial charge in [-0.3, -0.25) is 4.21 Å². The lowest BCUT2D eigenvalue weighted by Crippen LogP contribution is -2.06. The molecule has 1 aromatic carbocycles. The molecule has 0 N–H and O–H groups in total. The van der Waals surface area contributed by atoms with Gasteiger partial charge in [0.15, 0.2) is 0 Å². The molecule has 0 aliphatic rings. The topological polar surface area (TPSA) is 34.4 Å². The van der Waals surface area contributed by atoms with E-state index in [4.69, 9.17) is 0 Å². The second-order valence-electron chi connectivity index (χ2n) is 4.71. The zero-order valence-electron chi connectivity index (χ0n) is 11.2.